The monoisotopic (exact) mass is 259 g/mol. The summed E-state index contributed by atoms with van der Waals surface area (Å²) in [6.45, 7) is 2.81. The Morgan fingerprint density at radius 3 is 2.84 bits per heavy atom. The standard InChI is InChI=1S/C17H25NO/c1-2-6-13-7-5-9-14(11-13)17(19)16-10-4-3-8-15(16)12-18/h5,7,9,11,15-16H,2-4,6,8,10,12,18H2,1H3. The Bertz CT molecular complexity index is 427. The van der Waals surface area contributed by atoms with Gasteiger partial charge in [-0.3, -0.25) is 4.79 Å². The van der Waals surface area contributed by atoms with Gasteiger partial charge in [-0.1, -0.05) is 44.4 Å². The van der Waals surface area contributed by atoms with Crippen LogP contribution in [0.15, 0.2) is 24.3 Å². The van der Waals surface area contributed by atoms with Gasteiger partial charge in [0.1, 0.15) is 0 Å². The summed E-state index contributed by atoms with van der Waals surface area (Å²) in [5.41, 5.74) is 7.99. The van der Waals surface area contributed by atoms with E-state index in [0.29, 0.717) is 18.2 Å². The van der Waals surface area contributed by atoms with Crippen LogP contribution in [0, 0.1) is 11.8 Å². The molecule has 1 aliphatic carbocycles. The number of rotatable bonds is 5. The maximum absolute atomic E-state index is 12.7. The van der Waals surface area contributed by atoms with Crippen LogP contribution in [0.1, 0.15) is 54.9 Å². The molecule has 104 valence electrons. The van der Waals surface area contributed by atoms with E-state index in [-0.39, 0.29) is 5.92 Å². The molecule has 19 heavy (non-hydrogen) atoms. The fraction of sp³-hybridized carbons (Fsp3) is 0.588. The molecule has 2 rings (SSSR count). The van der Waals surface area contributed by atoms with E-state index >= 15 is 0 Å². The molecule has 1 aliphatic rings. The molecule has 0 aromatic heterocycles. The first-order valence-electron chi connectivity index (χ1n) is 7.59. The molecular formula is C17H25NO. The molecule has 1 saturated carbocycles. The number of benzene rings is 1. The third-order valence-electron chi connectivity index (χ3n) is 4.30. The molecule has 0 radical (unpaired) electrons. The van der Waals surface area contributed by atoms with E-state index in [1.165, 1.54) is 18.4 Å². The molecule has 2 heteroatoms. The average Bonchev–Trinajstić information content (AvgIpc) is 2.47. The summed E-state index contributed by atoms with van der Waals surface area (Å²) in [6.07, 6.45) is 6.68. The zero-order valence-corrected chi connectivity index (χ0v) is 11.9. The van der Waals surface area contributed by atoms with Crippen LogP contribution in [0.3, 0.4) is 0 Å². The molecule has 0 bridgehead atoms. The lowest BCUT2D eigenvalue weighted by atomic mass is 9.75. The minimum atomic E-state index is 0.149. The minimum Gasteiger partial charge on any atom is -0.330 e. The Morgan fingerprint density at radius 2 is 2.11 bits per heavy atom. The second-order valence-electron chi connectivity index (χ2n) is 5.70. The third-order valence-corrected chi connectivity index (χ3v) is 4.30. The van der Waals surface area contributed by atoms with Gasteiger partial charge in [-0.15, -0.1) is 0 Å². The summed E-state index contributed by atoms with van der Waals surface area (Å²) in [5, 5.41) is 0. The zero-order chi connectivity index (χ0) is 13.7. The molecule has 0 amide bonds. The molecule has 1 aromatic rings. The van der Waals surface area contributed by atoms with Gasteiger partial charge in [-0.25, -0.2) is 0 Å². The molecular weight excluding hydrogens is 234 g/mol. The topological polar surface area (TPSA) is 43.1 Å². The second-order valence-corrected chi connectivity index (χ2v) is 5.70. The van der Waals surface area contributed by atoms with Gasteiger partial charge >= 0.3 is 0 Å². The number of hydrogen-bond donors (Lipinski definition) is 1. The SMILES string of the molecule is CCCc1cccc(C(=O)C2CCCCC2CN)c1. The Hall–Kier alpha value is -1.15. The summed E-state index contributed by atoms with van der Waals surface area (Å²) in [6, 6.07) is 8.16. The molecule has 0 heterocycles. The number of carbonyl (C=O) groups excluding carboxylic acids is 1. The Kier molecular flexibility index (Phi) is 5.15. The fourth-order valence-electron chi connectivity index (χ4n) is 3.22. The van der Waals surface area contributed by atoms with E-state index in [1.807, 2.05) is 12.1 Å². The third kappa shape index (κ3) is 3.44. The summed E-state index contributed by atoms with van der Waals surface area (Å²) in [5.74, 6) is 0.847. The Labute approximate surface area is 116 Å². The smallest absolute Gasteiger partial charge is 0.166 e. The molecule has 0 saturated heterocycles. The normalized spacial score (nSPS) is 23.3. The first-order chi connectivity index (χ1) is 9.26. The van der Waals surface area contributed by atoms with E-state index in [1.54, 1.807) is 0 Å². The predicted octanol–water partition coefficient (Wildman–Crippen LogP) is 3.59. The van der Waals surface area contributed by atoms with Gasteiger partial charge < -0.3 is 5.73 Å². The van der Waals surface area contributed by atoms with Crippen molar-refractivity contribution in [2.75, 3.05) is 6.54 Å². The summed E-state index contributed by atoms with van der Waals surface area (Å²) < 4.78 is 0. The van der Waals surface area contributed by atoms with E-state index in [9.17, 15) is 4.79 Å². The van der Waals surface area contributed by atoms with E-state index in [4.69, 9.17) is 5.73 Å². The van der Waals surface area contributed by atoms with Gasteiger partial charge in [0.2, 0.25) is 0 Å². The molecule has 2 unspecified atom stereocenters. The number of Topliss-reactive ketones (excluding diaryl/α,β-unsaturated/α-hetero) is 1. The number of carbonyl (C=O) groups is 1. The maximum Gasteiger partial charge on any atom is 0.166 e. The van der Waals surface area contributed by atoms with Crippen LogP contribution < -0.4 is 5.73 Å². The van der Waals surface area contributed by atoms with Crippen molar-refractivity contribution in [3.05, 3.63) is 35.4 Å². The van der Waals surface area contributed by atoms with Crippen LogP contribution in [-0.4, -0.2) is 12.3 Å². The lowest BCUT2D eigenvalue weighted by Gasteiger charge is -2.29. The van der Waals surface area contributed by atoms with Gasteiger partial charge in [0, 0.05) is 11.5 Å². The number of nitrogens with two attached hydrogens (primary N) is 1. The van der Waals surface area contributed by atoms with Gasteiger partial charge in [0.05, 0.1) is 0 Å². The minimum absolute atomic E-state index is 0.149. The van der Waals surface area contributed by atoms with Gasteiger partial charge in [-0.2, -0.15) is 0 Å². The van der Waals surface area contributed by atoms with Crippen LogP contribution >= 0.6 is 0 Å². The van der Waals surface area contributed by atoms with E-state index < -0.39 is 0 Å². The van der Waals surface area contributed by atoms with Gasteiger partial charge in [0.25, 0.3) is 0 Å². The van der Waals surface area contributed by atoms with Crippen molar-refractivity contribution in [2.45, 2.75) is 45.4 Å². The summed E-state index contributed by atoms with van der Waals surface area (Å²) in [4.78, 5) is 12.7. The molecule has 2 atom stereocenters. The predicted molar refractivity (Wildman–Crippen MR) is 79.3 cm³/mol. The highest BCUT2D eigenvalue weighted by atomic mass is 16.1. The van der Waals surface area contributed by atoms with E-state index in [0.717, 1.165) is 31.2 Å². The molecule has 2 nitrogen and oxygen atoms in total. The first-order valence-corrected chi connectivity index (χ1v) is 7.59. The molecule has 0 aliphatic heterocycles. The van der Waals surface area contributed by atoms with Crippen LogP contribution in [0.4, 0.5) is 0 Å². The molecule has 0 spiro atoms. The van der Waals surface area contributed by atoms with Crippen molar-refractivity contribution < 1.29 is 4.79 Å². The Morgan fingerprint density at radius 1 is 1.32 bits per heavy atom. The van der Waals surface area contributed by atoms with Crippen molar-refractivity contribution in [3.8, 4) is 0 Å². The number of aryl methyl sites for hydroxylation is 1. The number of hydrogen-bond acceptors (Lipinski definition) is 2. The van der Waals surface area contributed by atoms with Crippen molar-refractivity contribution in [1.29, 1.82) is 0 Å². The molecule has 2 N–H and O–H groups in total. The summed E-state index contributed by atoms with van der Waals surface area (Å²) >= 11 is 0. The first kappa shape index (κ1) is 14.3. The quantitative estimate of drug-likeness (QED) is 0.821. The van der Waals surface area contributed by atoms with Gasteiger partial charge in [0.15, 0.2) is 5.78 Å². The highest BCUT2D eigenvalue weighted by molar-refractivity contribution is 5.98. The largest absolute Gasteiger partial charge is 0.330 e. The lowest BCUT2D eigenvalue weighted by molar-refractivity contribution is 0.0829. The highest BCUT2D eigenvalue weighted by Gasteiger charge is 2.30. The van der Waals surface area contributed by atoms with Crippen molar-refractivity contribution in [1.82, 2.24) is 0 Å². The molecule has 1 aromatic carbocycles. The van der Waals surface area contributed by atoms with E-state index in [2.05, 4.69) is 19.1 Å². The van der Waals surface area contributed by atoms with Crippen molar-refractivity contribution in [3.63, 3.8) is 0 Å². The van der Waals surface area contributed by atoms with Crippen LogP contribution in [-0.2, 0) is 6.42 Å². The maximum atomic E-state index is 12.7. The summed E-state index contributed by atoms with van der Waals surface area (Å²) in [7, 11) is 0. The lowest BCUT2D eigenvalue weighted by Crippen LogP contribution is -2.32. The van der Waals surface area contributed by atoms with Gasteiger partial charge in [-0.05, 0) is 43.4 Å². The Balaban J connectivity index is 2.15. The van der Waals surface area contributed by atoms with Crippen LogP contribution in [0.5, 0.6) is 0 Å². The van der Waals surface area contributed by atoms with Crippen molar-refractivity contribution >= 4 is 5.78 Å². The molecule has 1 fully saturated rings. The number of ketones is 1. The van der Waals surface area contributed by atoms with Crippen LogP contribution in [0.2, 0.25) is 0 Å². The van der Waals surface area contributed by atoms with Crippen molar-refractivity contribution in [2.24, 2.45) is 17.6 Å². The average molecular weight is 259 g/mol. The van der Waals surface area contributed by atoms with Crippen LogP contribution in [0.25, 0.3) is 0 Å². The highest BCUT2D eigenvalue weighted by Crippen LogP contribution is 2.32. The zero-order valence-electron chi connectivity index (χ0n) is 11.9. The second kappa shape index (κ2) is 6.85. The fourth-order valence-corrected chi connectivity index (χ4v) is 3.22.